The lowest BCUT2D eigenvalue weighted by atomic mass is 10.0. The molecule has 0 aromatic heterocycles. The number of carbonyl (C=O) groups excluding carboxylic acids is 1. The third-order valence-electron chi connectivity index (χ3n) is 3.36. The highest BCUT2D eigenvalue weighted by Crippen LogP contribution is 2.33. The van der Waals surface area contributed by atoms with E-state index in [1.807, 2.05) is 24.3 Å². The smallest absolute Gasteiger partial charge is 0.338 e. The summed E-state index contributed by atoms with van der Waals surface area (Å²) < 4.78 is 10.9. The Labute approximate surface area is 117 Å². The van der Waals surface area contributed by atoms with E-state index in [9.17, 15) is 4.79 Å². The van der Waals surface area contributed by atoms with E-state index in [2.05, 4.69) is 0 Å². The Balaban J connectivity index is 1.63. The summed E-state index contributed by atoms with van der Waals surface area (Å²) in [6, 6.07) is 14.5. The zero-order chi connectivity index (χ0) is 13.9. The number of nitrogens with two attached hydrogens (primary N) is 1. The molecule has 0 spiro atoms. The molecule has 1 atom stereocenters. The lowest BCUT2D eigenvalue weighted by molar-refractivity contribution is 0.0470. The summed E-state index contributed by atoms with van der Waals surface area (Å²) in [6.07, 6.45) is 0. The quantitative estimate of drug-likeness (QED) is 0.687. The summed E-state index contributed by atoms with van der Waals surface area (Å²) in [4.78, 5) is 11.9. The Bertz CT molecular complexity index is 622. The third-order valence-corrected chi connectivity index (χ3v) is 3.36. The highest BCUT2D eigenvalue weighted by atomic mass is 16.5. The van der Waals surface area contributed by atoms with E-state index in [0.29, 0.717) is 24.5 Å². The topological polar surface area (TPSA) is 61.6 Å². The second-order valence-corrected chi connectivity index (χ2v) is 4.77. The fourth-order valence-electron chi connectivity index (χ4n) is 2.25. The van der Waals surface area contributed by atoms with Crippen LogP contribution in [0.4, 0.5) is 5.69 Å². The second kappa shape index (κ2) is 5.25. The van der Waals surface area contributed by atoms with Crippen LogP contribution >= 0.6 is 0 Å². The standard InChI is InChI=1S/C16H15NO3/c17-13-7-5-11(6-8-13)16(18)20-10-12-9-19-15-4-2-1-3-14(12)15/h1-8,12H,9-10,17H2. The van der Waals surface area contributed by atoms with Crippen LogP contribution in [0.1, 0.15) is 21.8 Å². The molecule has 1 aliphatic rings. The van der Waals surface area contributed by atoms with Gasteiger partial charge >= 0.3 is 5.97 Å². The first-order valence-electron chi connectivity index (χ1n) is 6.48. The monoisotopic (exact) mass is 269 g/mol. The maximum absolute atomic E-state index is 11.9. The molecule has 0 bridgehead atoms. The summed E-state index contributed by atoms with van der Waals surface area (Å²) in [5, 5.41) is 0. The Morgan fingerprint density at radius 3 is 2.75 bits per heavy atom. The molecule has 2 aromatic carbocycles. The van der Waals surface area contributed by atoms with Gasteiger partial charge in [-0.25, -0.2) is 4.79 Å². The van der Waals surface area contributed by atoms with Crippen molar-refractivity contribution >= 4 is 11.7 Å². The van der Waals surface area contributed by atoms with Crippen LogP contribution in [0.25, 0.3) is 0 Å². The molecule has 1 unspecified atom stereocenters. The van der Waals surface area contributed by atoms with Crippen molar-refractivity contribution in [1.82, 2.24) is 0 Å². The number of fused-ring (bicyclic) bond motifs is 1. The second-order valence-electron chi connectivity index (χ2n) is 4.77. The van der Waals surface area contributed by atoms with Gasteiger partial charge in [-0.2, -0.15) is 0 Å². The summed E-state index contributed by atoms with van der Waals surface area (Å²) >= 11 is 0. The van der Waals surface area contributed by atoms with Gasteiger partial charge in [0.25, 0.3) is 0 Å². The lowest BCUT2D eigenvalue weighted by Gasteiger charge is -2.10. The fourth-order valence-corrected chi connectivity index (χ4v) is 2.25. The van der Waals surface area contributed by atoms with Crippen molar-refractivity contribution in [3.63, 3.8) is 0 Å². The number of esters is 1. The Kier molecular flexibility index (Phi) is 3.29. The number of para-hydroxylation sites is 1. The van der Waals surface area contributed by atoms with Crippen LogP contribution in [0, 0.1) is 0 Å². The van der Waals surface area contributed by atoms with Gasteiger partial charge < -0.3 is 15.2 Å². The van der Waals surface area contributed by atoms with Crippen molar-refractivity contribution in [3.8, 4) is 5.75 Å². The third kappa shape index (κ3) is 2.45. The first kappa shape index (κ1) is 12.5. The maximum atomic E-state index is 11.9. The number of ether oxygens (including phenoxy) is 2. The molecule has 20 heavy (non-hydrogen) atoms. The van der Waals surface area contributed by atoms with Crippen molar-refractivity contribution < 1.29 is 14.3 Å². The summed E-state index contributed by atoms with van der Waals surface area (Å²) in [7, 11) is 0. The number of anilines is 1. The van der Waals surface area contributed by atoms with Gasteiger partial charge in [-0.05, 0) is 30.3 Å². The van der Waals surface area contributed by atoms with Crippen LogP contribution in [0.15, 0.2) is 48.5 Å². The summed E-state index contributed by atoms with van der Waals surface area (Å²) in [5.74, 6) is 0.638. The Hall–Kier alpha value is -2.49. The number of carbonyl (C=O) groups is 1. The molecular weight excluding hydrogens is 254 g/mol. The molecule has 1 aliphatic heterocycles. The summed E-state index contributed by atoms with van der Waals surface area (Å²) in [6.45, 7) is 0.870. The zero-order valence-corrected chi connectivity index (χ0v) is 10.9. The maximum Gasteiger partial charge on any atom is 0.338 e. The van der Waals surface area contributed by atoms with Crippen molar-refractivity contribution in [2.45, 2.75) is 5.92 Å². The first-order valence-corrected chi connectivity index (χ1v) is 6.48. The molecular formula is C16H15NO3. The number of hydrogen-bond acceptors (Lipinski definition) is 4. The molecule has 4 heteroatoms. The predicted octanol–water partition coefficient (Wildman–Crippen LogP) is 2.60. The molecule has 0 saturated carbocycles. The fraction of sp³-hybridized carbons (Fsp3) is 0.188. The van der Waals surface area contributed by atoms with E-state index >= 15 is 0 Å². The molecule has 4 nitrogen and oxygen atoms in total. The minimum Gasteiger partial charge on any atom is -0.493 e. The van der Waals surface area contributed by atoms with Crippen LogP contribution in [-0.4, -0.2) is 19.2 Å². The van der Waals surface area contributed by atoms with Gasteiger partial charge in [0.1, 0.15) is 12.4 Å². The van der Waals surface area contributed by atoms with Gasteiger partial charge in [0.2, 0.25) is 0 Å². The predicted molar refractivity (Wildman–Crippen MR) is 75.8 cm³/mol. The minimum absolute atomic E-state index is 0.101. The molecule has 1 heterocycles. The Morgan fingerprint density at radius 2 is 1.95 bits per heavy atom. The molecule has 2 aromatic rings. The molecule has 2 N–H and O–H groups in total. The van der Waals surface area contributed by atoms with Crippen molar-refractivity contribution in [2.24, 2.45) is 0 Å². The van der Waals surface area contributed by atoms with Crippen LogP contribution in [0.5, 0.6) is 5.75 Å². The van der Waals surface area contributed by atoms with Crippen LogP contribution in [0.2, 0.25) is 0 Å². The van der Waals surface area contributed by atoms with Crippen LogP contribution in [-0.2, 0) is 4.74 Å². The van der Waals surface area contributed by atoms with E-state index in [0.717, 1.165) is 11.3 Å². The summed E-state index contributed by atoms with van der Waals surface area (Å²) in [5.41, 5.74) is 7.81. The average molecular weight is 269 g/mol. The van der Waals surface area contributed by atoms with Crippen molar-refractivity contribution in [3.05, 3.63) is 59.7 Å². The van der Waals surface area contributed by atoms with Gasteiger partial charge in [-0.15, -0.1) is 0 Å². The van der Waals surface area contributed by atoms with Crippen LogP contribution < -0.4 is 10.5 Å². The number of rotatable bonds is 3. The van der Waals surface area contributed by atoms with Gasteiger partial charge in [-0.1, -0.05) is 18.2 Å². The van der Waals surface area contributed by atoms with E-state index in [1.54, 1.807) is 24.3 Å². The average Bonchev–Trinajstić information content (AvgIpc) is 2.89. The highest BCUT2D eigenvalue weighted by molar-refractivity contribution is 5.89. The van der Waals surface area contributed by atoms with E-state index < -0.39 is 0 Å². The van der Waals surface area contributed by atoms with Gasteiger partial charge in [0.15, 0.2) is 0 Å². The van der Waals surface area contributed by atoms with E-state index in [-0.39, 0.29) is 11.9 Å². The highest BCUT2D eigenvalue weighted by Gasteiger charge is 2.25. The zero-order valence-electron chi connectivity index (χ0n) is 10.9. The van der Waals surface area contributed by atoms with Crippen molar-refractivity contribution in [2.75, 3.05) is 18.9 Å². The van der Waals surface area contributed by atoms with Crippen LogP contribution in [0.3, 0.4) is 0 Å². The SMILES string of the molecule is Nc1ccc(C(=O)OCC2COc3ccccc32)cc1. The molecule has 102 valence electrons. The molecule has 3 rings (SSSR count). The molecule has 0 amide bonds. The van der Waals surface area contributed by atoms with E-state index in [4.69, 9.17) is 15.2 Å². The van der Waals surface area contributed by atoms with Crippen molar-refractivity contribution in [1.29, 1.82) is 0 Å². The lowest BCUT2D eigenvalue weighted by Crippen LogP contribution is -2.14. The molecule has 0 fully saturated rings. The molecule has 0 radical (unpaired) electrons. The number of nitrogen functional groups attached to an aromatic ring is 1. The Morgan fingerprint density at radius 1 is 1.20 bits per heavy atom. The minimum atomic E-state index is -0.339. The number of benzene rings is 2. The molecule has 0 aliphatic carbocycles. The number of hydrogen-bond donors (Lipinski definition) is 1. The van der Waals surface area contributed by atoms with E-state index in [1.165, 1.54) is 0 Å². The van der Waals surface area contributed by atoms with Gasteiger partial charge in [-0.3, -0.25) is 0 Å². The normalized spacial score (nSPS) is 16.3. The first-order chi connectivity index (χ1) is 9.74. The largest absolute Gasteiger partial charge is 0.493 e. The molecule has 0 saturated heterocycles. The van der Waals surface area contributed by atoms with Gasteiger partial charge in [0, 0.05) is 11.3 Å². The van der Waals surface area contributed by atoms with Gasteiger partial charge in [0.05, 0.1) is 18.1 Å².